The van der Waals surface area contributed by atoms with Crippen molar-refractivity contribution in [3.8, 4) is 0 Å². The van der Waals surface area contributed by atoms with E-state index >= 15 is 0 Å². The molecule has 0 spiro atoms. The van der Waals surface area contributed by atoms with Gasteiger partial charge >= 0.3 is 18.4 Å². The number of aromatic nitrogens is 1. The molecule has 1 heterocycles. The smallest absolute Gasteiger partial charge is 0.334 e. The van der Waals surface area contributed by atoms with Crippen LogP contribution in [0.25, 0.3) is 0 Å². The van der Waals surface area contributed by atoms with Gasteiger partial charge in [0.1, 0.15) is 0 Å². The Labute approximate surface area is 180 Å². The van der Waals surface area contributed by atoms with Crippen LogP contribution < -0.4 is 16.0 Å². The van der Waals surface area contributed by atoms with Crippen molar-refractivity contribution in [2.75, 3.05) is 5.32 Å². The number of pyridine rings is 1. The zero-order valence-corrected chi connectivity index (χ0v) is 16.9. The van der Waals surface area contributed by atoms with Crippen molar-refractivity contribution in [1.82, 2.24) is 15.6 Å². The van der Waals surface area contributed by atoms with Crippen molar-refractivity contribution in [3.63, 3.8) is 0 Å². The monoisotopic (exact) mass is 460 g/mol. The number of carbonyl (C=O) groups excluding carboxylic acids is 1. The van der Waals surface area contributed by atoms with Crippen LogP contribution in [0.4, 0.5) is 36.8 Å². The van der Waals surface area contributed by atoms with Crippen LogP contribution >= 0.6 is 0 Å². The van der Waals surface area contributed by atoms with Crippen molar-refractivity contribution in [3.05, 3.63) is 59.4 Å². The molecule has 1 fully saturated rings. The number of anilines is 1. The number of rotatable bonds is 5. The molecule has 3 N–H and O–H groups in total. The minimum absolute atomic E-state index is 0.0157. The van der Waals surface area contributed by atoms with Crippen molar-refractivity contribution >= 4 is 11.7 Å². The van der Waals surface area contributed by atoms with Crippen molar-refractivity contribution < 1.29 is 31.1 Å². The SMILES string of the molecule is O=C(Nc1cc(C(F)(F)F)cc(C(F)(F)F)c1)N[C@@H]1CCCC[C@H]1NCc1ccccn1. The van der Waals surface area contributed by atoms with E-state index in [4.69, 9.17) is 0 Å². The van der Waals surface area contributed by atoms with E-state index in [0.717, 1.165) is 25.0 Å². The Morgan fingerprint density at radius 3 is 2.12 bits per heavy atom. The highest BCUT2D eigenvalue weighted by Gasteiger charge is 2.37. The zero-order chi connectivity index (χ0) is 23.4. The molecule has 174 valence electrons. The highest BCUT2D eigenvalue weighted by molar-refractivity contribution is 5.89. The molecule has 1 aromatic carbocycles. The number of hydrogen-bond donors (Lipinski definition) is 3. The summed E-state index contributed by atoms with van der Waals surface area (Å²) in [7, 11) is 0. The minimum Gasteiger partial charge on any atom is -0.334 e. The van der Waals surface area contributed by atoms with Gasteiger partial charge in [0.05, 0.1) is 16.8 Å². The van der Waals surface area contributed by atoms with Gasteiger partial charge in [0.25, 0.3) is 0 Å². The summed E-state index contributed by atoms with van der Waals surface area (Å²) in [6, 6.07) is 5.14. The summed E-state index contributed by atoms with van der Waals surface area (Å²) in [5, 5.41) is 8.11. The minimum atomic E-state index is -4.99. The van der Waals surface area contributed by atoms with Gasteiger partial charge in [-0.2, -0.15) is 26.3 Å². The lowest BCUT2D eigenvalue weighted by atomic mass is 9.90. The van der Waals surface area contributed by atoms with Gasteiger partial charge in [-0.15, -0.1) is 0 Å². The van der Waals surface area contributed by atoms with Crippen molar-refractivity contribution in [1.29, 1.82) is 0 Å². The Morgan fingerprint density at radius 2 is 1.56 bits per heavy atom. The molecular formula is C21H22F6N4O. The van der Waals surface area contributed by atoms with Gasteiger partial charge < -0.3 is 16.0 Å². The number of amides is 2. The fourth-order valence-corrected chi connectivity index (χ4v) is 3.65. The quantitative estimate of drug-likeness (QED) is 0.528. The van der Waals surface area contributed by atoms with Crippen molar-refractivity contribution in [2.45, 2.75) is 56.7 Å². The van der Waals surface area contributed by atoms with Crippen LogP contribution in [-0.4, -0.2) is 23.1 Å². The molecule has 1 aliphatic carbocycles. The molecule has 1 saturated carbocycles. The van der Waals surface area contributed by atoms with E-state index in [0.29, 0.717) is 25.1 Å². The standard InChI is InChI=1S/C21H22F6N4O/c22-20(23,24)13-9-14(21(25,26)27)11-16(10-13)30-19(32)31-18-7-2-1-6-17(18)29-12-15-5-3-4-8-28-15/h3-5,8-11,17-18,29H,1-2,6-7,12H2,(H2,30,31,32)/t17-,18-/m1/s1. The first-order valence-corrected chi connectivity index (χ1v) is 10.0. The molecule has 0 saturated heterocycles. The number of halogens is 6. The summed E-state index contributed by atoms with van der Waals surface area (Å²) in [5.74, 6) is 0. The molecular weight excluding hydrogens is 438 g/mol. The summed E-state index contributed by atoms with van der Waals surface area (Å²) >= 11 is 0. The maximum atomic E-state index is 13.0. The van der Waals surface area contributed by atoms with Crippen LogP contribution in [0.5, 0.6) is 0 Å². The van der Waals surface area contributed by atoms with E-state index in [1.807, 2.05) is 12.1 Å². The summed E-state index contributed by atoms with van der Waals surface area (Å²) in [4.78, 5) is 16.6. The second-order valence-corrected chi connectivity index (χ2v) is 7.59. The fraction of sp³-hybridized carbons (Fsp3) is 0.429. The molecule has 32 heavy (non-hydrogen) atoms. The lowest BCUT2D eigenvalue weighted by molar-refractivity contribution is -0.143. The lowest BCUT2D eigenvalue weighted by Crippen LogP contribution is -2.52. The molecule has 2 atom stereocenters. The van der Waals surface area contributed by atoms with Gasteiger partial charge in [-0.05, 0) is 43.2 Å². The van der Waals surface area contributed by atoms with E-state index < -0.39 is 35.2 Å². The predicted octanol–water partition coefficient (Wildman–Crippen LogP) is 5.34. The molecule has 0 radical (unpaired) electrons. The maximum absolute atomic E-state index is 13.0. The lowest BCUT2D eigenvalue weighted by Gasteiger charge is -2.33. The van der Waals surface area contributed by atoms with E-state index in [-0.39, 0.29) is 18.2 Å². The summed E-state index contributed by atoms with van der Waals surface area (Å²) < 4.78 is 78.1. The first-order valence-electron chi connectivity index (χ1n) is 10.0. The molecule has 1 aliphatic rings. The Morgan fingerprint density at radius 1 is 0.938 bits per heavy atom. The van der Waals surface area contributed by atoms with E-state index in [2.05, 4.69) is 20.9 Å². The highest BCUT2D eigenvalue weighted by atomic mass is 19.4. The molecule has 11 heteroatoms. The third kappa shape index (κ3) is 6.59. The summed E-state index contributed by atoms with van der Waals surface area (Å²) in [6.07, 6.45) is -5.15. The highest BCUT2D eigenvalue weighted by Crippen LogP contribution is 2.37. The first-order chi connectivity index (χ1) is 15.0. The molecule has 2 amide bonds. The van der Waals surface area contributed by atoms with Crippen molar-refractivity contribution in [2.24, 2.45) is 0 Å². The van der Waals surface area contributed by atoms with Gasteiger partial charge in [-0.25, -0.2) is 4.79 Å². The average Bonchev–Trinajstić information content (AvgIpc) is 2.72. The van der Waals surface area contributed by atoms with E-state index in [1.54, 1.807) is 12.3 Å². The van der Waals surface area contributed by atoms with Crippen LogP contribution in [-0.2, 0) is 18.9 Å². The predicted molar refractivity (Wildman–Crippen MR) is 106 cm³/mol. The Balaban J connectivity index is 1.68. The fourth-order valence-electron chi connectivity index (χ4n) is 3.65. The molecule has 1 aromatic heterocycles. The molecule has 0 unspecified atom stereocenters. The van der Waals surface area contributed by atoms with Crippen LogP contribution in [0.2, 0.25) is 0 Å². The number of nitrogens with zero attached hydrogens (tertiary/aromatic N) is 1. The number of nitrogens with one attached hydrogen (secondary N) is 3. The van der Waals surface area contributed by atoms with Gasteiger partial charge in [-0.3, -0.25) is 4.98 Å². The van der Waals surface area contributed by atoms with Gasteiger partial charge in [0, 0.05) is 30.5 Å². The normalized spacial score (nSPS) is 19.4. The van der Waals surface area contributed by atoms with Gasteiger partial charge in [-0.1, -0.05) is 18.9 Å². The third-order valence-electron chi connectivity index (χ3n) is 5.20. The molecule has 0 aliphatic heterocycles. The topological polar surface area (TPSA) is 66.1 Å². The second kappa shape index (κ2) is 9.76. The largest absolute Gasteiger partial charge is 0.416 e. The summed E-state index contributed by atoms with van der Waals surface area (Å²) in [5.41, 5.74) is -2.76. The number of alkyl halides is 6. The summed E-state index contributed by atoms with van der Waals surface area (Å²) in [6.45, 7) is 0.466. The van der Waals surface area contributed by atoms with Crippen LogP contribution in [0, 0.1) is 0 Å². The average molecular weight is 460 g/mol. The van der Waals surface area contributed by atoms with Crippen LogP contribution in [0.1, 0.15) is 42.5 Å². The van der Waals surface area contributed by atoms with Gasteiger partial charge in [0.2, 0.25) is 0 Å². The number of benzene rings is 1. The van der Waals surface area contributed by atoms with E-state index in [9.17, 15) is 31.1 Å². The first kappa shape index (κ1) is 23.8. The molecule has 0 bridgehead atoms. The number of hydrogen-bond acceptors (Lipinski definition) is 3. The maximum Gasteiger partial charge on any atom is 0.416 e. The zero-order valence-electron chi connectivity index (χ0n) is 16.9. The van der Waals surface area contributed by atoms with E-state index in [1.165, 1.54) is 0 Å². The Kier molecular flexibility index (Phi) is 7.27. The third-order valence-corrected chi connectivity index (χ3v) is 5.20. The van der Waals surface area contributed by atoms with Crippen LogP contribution in [0.3, 0.4) is 0 Å². The van der Waals surface area contributed by atoms with Gasteiger partial charge in [0.15, 0.2) is 0 Å². The Bertz CT molecular complexity index is 884. The Hall–Kier alpha value is -2.82. The molecule has 2 aromatic rings. The number of carbonyl (C=O) groups is 1. The second-order valence-electron chi connectivity index (χ2n) is 7.59. The van der Waals surface area contributed by atoms with Crippen LogP contribution in [0.15, 0.2) is 42.6 Å². The number of urea groups is 1. The molecule has 5 nitrogen and oxygen atoms in total. The molecule has 3 rings (SSSR count).